The van der Waals surface area contributed by atoms with Crippen LogP contribution >= 0.6 is 12.6 Å². The van der Waals surface area contributed by atoms with Crippen LogP contribution in [-0.2, 0) is 19.2 Å². The van der Waals surface area contributed by atoms with Crippen LogP contribution in [0.15, 0.2) is 0 Å². The van der Waals surface area contributed by atoms with Crippen molar-refractivity contribution < 1.29 is 29.4 Å². The molecule has 7 N–H and O–H groups in total. The predicted octanol–water partition coefficient (Wildman–Crippen LogP) is -3.19. The molecule has 0 saturated carbocycles. The zero-order chi connectivity index (χ0) is 18.2. The molecule has 4 atom stereocenters. The zero-order valence-corrected chi connectivity index (χ0v) is 13.7. The van der Waals surface area contributed by atoms with Crippen molar-refractivity contribution in [2.24, 2.45) is 5.73 Å². The van der Waals surface area contributed by atoms with E-state index in [1.54, 1.807) is 0 Å². The van der Waals surface area contributed by atoms with Gasteiger partial charge >= 0.3 is 5.97 Å². The largest absolute Gasteiger partial charge is 0.480 e. The SMILES string of the molecule is CC(NC(=O)C(C)NC(=O)C(CO)NC(=O)C(N)CS)C(=O)O. The maximum atomic E-state index is 11.9. The fourth-order valence-corrected chi connectivity index (χ4v) is 1.50. The Hall–Kier alpha value is -1.85. The lowest BCUT2D eigenvalue weighted by atomic mass is 10.2. The van der Waals surface area contributed by atoms with Crippen LogP contribution in [-0.4, -0.2) is 70.4 Å². The van der Waals surface area contributed by atoms with Crippen molar-refractivity contribution in [1.82, 2.24) is 16.0 Å². The topological polar surface area (TPSA) is 171 Å². The lowest BCUT2D eigenvalue weighted by molar-refractivity contribution is -0.141. The van der Waals surface area contributed by atoms with E-state index in [-0.39, 0.29) is 5.75 Å². The molecule has 132 valence electrons. The van der Waals surface area contributed by atoms with Crippen LogP contribution in [0, 0.1) is 0 Å². The van der Waals surface area contributed by atoms with E-state index in [0.29, 0.717) is 0 Å². The highest BCUT2D eigenvalue weighted by atomic mass is 32.1. The second-order valence-corrected chi connectivity index (χ2v) is 5.20. The fraction of sp³-hybridized carbons (Fsp3) is 0.667. The smallest absolute Gasteiger partial charge is 0.325 e. The predicted molar refractivity (Wildman–Crippen MR) is 83.7 cm³/mol. The maximum absolute atomic E-state index is 11.9. The van der Waals surface area contributed by atoms with Gasteiger partial charge in [-0.2, -0.15) is 12.6 Å². The van der Waals surface area contributed by atoms with E-state index in [0.717, 1.165) is 0 Å². The molecule has 23 heavy (non-hydrogen) atoms. The van der Waals surface area contributed by atoms with Crippen LogP contribution in [0.1, 0.15) is 13.8 Å². The van der Waals surface area contributed by atoms with Crippen molar-refractivity contribution in [3.05, 3.63) is 0 Å². The summed E-state index contributed by atoms with van der Waals surface area (Å²) in [6.07, 6.45) is 0. The molecule has 3 amide bonds. The Morgan fingerprint density at radius 3 is 1.96 bits per heavy atom. The summed E-state index contributed by atoms with van der Waals surface area (Å²) in [5, 5.41) is 24.5. The van der Waals surface area contributed by atoms with E-state index >= 15 is 0 Å². The first-order chi connectivity index (χ1) is 10.6. The van der Waals surface area contributed by atoms with Gasteiger partial charge in [0.15, 0.2) is 0 Å². The summed E-state index contributed by atoms with van der Waals surface area (Å²) in [6, 6.07) is -4.42. The number of rotatable bonds is 9. The van der Waals surface area contributed by atoms with Gasteiger partial charge in [0.1, 0.15) is 18.1 Å². The summed E-state index contributed by atoms with van der Waals surface area (Å²) in [5.41, 5.74) is 5.43. The van der Waals surface area contributed by atoms with Crippen LogP contribution in [0.4, 0.5) is 0 Å². The van der Waals surface area contributed by atoms with Crippen molar-refractivity contribution in [3.63, 3.8) is 0 Å². The first-order valence-electron chi connectivity index (χ1n) is 6.75. The minimum atomic E-state index is -1.29. The molecule has 0 aromatic heterocycles. The first kappa shape index (κ1) is 21.1. The van der Waals surface area contributed by atoms with Gasteiger partial charge in [0.25, 0.3) is 0 Å². The van der Waals surface area contributed by atoms with Crippen molar-refractivity contribution in [2.75, 3.05) is 12.4 Å². The molecular weight excluding hydrogens is 328 g/mol. The third-order valence-electron chi connectivity index (χ3n) is 2.83. The van der Waals surface area contributed by atoms with Crippen LogP contribution < -0.4 is 21.7 Å². The summed E-state index contributed by atoms with van der Waals surface area (Å²) >= 11 is 3.84. The van der Waals surface area contributed by atoms with E-state index in [9.17, 15) is 19.2 Å². The number of aliphatic hydroxyl groups excluding tert-OH is 1. The summed E-state index contributed by atoms with van der Waals surface area (Å²) in [4.78, 5) is 45.8. The Balaban J connectivity index is 4.60. The number of nitrogens with one attached hydrogen (secondary N) is 3. The normalized spacial score (nSPS) is 15.7. The van der Waals surface area contributed by atoms with Crippen molar-refractivity contribution in [3.8, 4) is 0 Å². The molecule has 0 bridgehead atoms. The van der Waals surface area contributed by atoms with E-state index < -0.39 is 54.5 Å². The molecule has 0 spiro atoms. The number of carbonyl (C=O) groups excluding carboxylic acids is 3. The standard InChI is InChI=1S/C12H22N4O6S/c1-5(9(18)15-6(2)12(21)22)14-11(20)8(3-17)16-10(19)7(13)4-23/h5-8,17,23H,3-4,13H2,1-2H3,(H,14,20)(H,15,18)(H,16,19)(H,21,22). The van der Waals surface area contributed by atoms with Gasteiger partial charge < -0.3 is 31.9 Å². The zero-order valence-electron chi connectivity index (χ0n) is 12.8. The molecule has 10 nitrogen and oxygen atoms in total. The Labute approximate surface area is 138 Å². The van der Waals surface area contributed by atoms with Gasteiger partial charge in [-0.25, -0.2) is 0 Å². The molecule has 0 aromatic carbocycles. The lowest BCUT2D eigenvalue weighted by Gasteiger charge is -2.21. The molecule has 0 aliphatic rings. The average molecular weight is 350 g/mol. The van der Waals surface area contributed by atoms with Crippen molar-refractivity contribution >= 4 is 36.3 Å². The van der Waals surface area contributed by atoms with Gasteiger partial charge in [-0.05, 0) is 13.8 Å². The molecule has 0 aliphatic carbocycles. The van der Waals surface area contributed by atoms with E-state index in [2.05, 4.69) is 28.6 Å². The van der Waals surface area contributed by atoms with Gasteiger partial charge in [-0.3, -0.25) is 19.2 Å². The molecule has 11 heteroatoms. The Kier molecular flexibility index (Phi) is 9.22. The number of aliphatic carboxylic acids is 1. The van der Waals surface area contributed by atoms with Gasteiger partial charge in [0.2, 0.25) is 17.7 Å². The van der Waals surface area contributed by atoms with Gasteiger partial charge in [-0.15, -0.1) is 0 Å². The van der Waals surface area contributed by atoms with Gasteiger partial charge in [0.05, 0.1) is 12.6 Å². The molecule has 0 radical (unpaired) electrons. The van der Waals surface area contributed by atoms with Crippen LogP contribution in [0.5, 0.6) is 0 Å². The minimum Gasteiger partial charge on any atom is -0.480 e. The van der Waals surface area contributed by atoms with Gasteiger partial charge in [-0.1, -0.05) is 0 Å². The summed E-state index contributed by atoms with van der Waals surface area (Å²) in [5.74, 6) is -3.37. The number of hydrogen-bond acceptors (Lipinski definition) is 7. The molecular formula is C12H22N4O6S. The number of carboxylic acid groups (broad SMARTS) is 1. The maximum Gasteiger partial charge on any atom is 0.325 e. The number of carbonyl (C=O) groups is 4. The van der Waals surface area contributed by atoms with Crippen LogP contribution in [0.25, 0.3) is 0 Å². The van der Waals surface area contributed by atoms with Crippen molar-refractivity contribution in [2.45, 2.75) is 38.0 Å². The number of nitrogens with two attached hydrogens (primary N) is 1. The molecule has 0 rings (SSSR count). The quantitative estimate of drug-likeness (QED) is 0.215. The van der Waals surface area contributed by atoms with Crippen LogP contribution in [0.2, 0.25) is 0 Å². The van der Waals surface area contributed by atoms with Gasteiger partial charge in [0, 0.05) is 5.75 Å². The molecule has 4 unspecified atom stereocenters. The number of carboxylic acids is 1. The molecule has 0 saturated heterocycles. The number of hydrogen-bond donors (Lipinski definition) is 7. The third-order valence-corrected chi connectivity index (χ3v) is 3.22. The minimum absolute atomic E-state index is 0.0531. The Morgan fingerprint density at radius 2 is 1.52 bits per heavy atom. The van der Waals surface area contributed by atoms with E-state index in [1.807, 2.05) is 0 Å². The highest BCUT2D eigenvalue weighted by Crippen LogP contribution is 1.92. The lowest BCUT2D eigenvalue weighted by Crippen LogP contribution is -2.57. The highest BCUT2D eigenvalue weighted by molar-refractivity contribution is 7.80. The average Bonchev–Trinajstić information content (AvgIpc) is 2.50. The second kappa shape index (κ2) is 10.0. The van der Waals surface area contributed by atoms with E-state index in [4.69, 9.17) is 15.9 Å². The summed E-state index contributed by atoms with van der Waals surface area (Å²) < 4.78 is 0. The number of aliphatic hydroxyl groups is 1. The Morgan fingerprint density at radius 1 is 1.00 bits per heavy atom. The van der Waals surface area contributed by atoms with Crippen LogP contribution in [0.3, 0.4) is 0 Å². The Bertz CT molecular complexity index is 461. The molecule has 0 fully saturated rings. The molecule has 0 aliphatic heterocycles. The summed E-state index contributed by atoms with van der Waals surface area (Å²) in [6.45, 7) is 1.90. The first-order valence-corrected chi connectivity index (χ1v) is 7.38. The summed E-state index contributed by atoms with van der Waals surface area (Å²) in [7, 11) is 0. The van der Waals surface area contributed by atoms with E-state index in [1.165, 1.54) is 13.8 Å². The highest BCUT2D eigenvalue weighted by Gasteiger charge is 2.26. The fourth-order valence-electron chi connectivity index (χ4n) is 1.34. The number of amides is 3. The molecule has 0 heterocycles. The second-order valence-electron chi connectivity index (χ2n) is 4.83. The molecule has 0 aromatic rings. The van der Waals surface area contributed by atoms with Crippen molar-refractivity contribution in [1.29, 1.82) is 0 Å². The monoisotopic (exact) mass is 350 g/mol. The number of thiol groups is 1. The third kappa shape index (κ3) is 7.30.